The van der Waals surface area contributed by atoms with Crippen molar-refractivity contribution in [3.8, 4) is 0 Å². The van der Waals surface area contributed by atoms with Crippen LogP contribution in [-0.2, 0) is 4.79 Å². The molecule has 0 unspecified atom stereocenters. The van der Waals surface area contributed by atoms with E-state index in [9.17, 15) is 14.7 Å². The van der Waals surface area contributed by atoms with Gasteiger partial charge in [0.1, 0.15) is 0 Å². The molecule has 2 aliphatic heterocycles. The number of aliphatic carboxylic acids is 1. The zero-order valence-corrected chi connectivity index (χ0v) is 17.9. The van der Waals surface area contributed by atoms with Crippen LogP contribution < -0.4 is 4.90 Å². The summed E-state index contributed by atoms with van der Waals surface area (Å²) in [5.41, 5.74) is 1.27. The average Bonchev–Trinajstić information content (AvgIpc) is 3.33. The highest BCUT2D eigenvalue weighted by Crippen LogP contribution is 2.30. The standard InChI is InChI=1S/C24H31N3O4/c28-23(29)17-19-9-11-27(24(30)22-7-4-16-31-22)18-20(19)8-10-25-12-14-26(15-13-25)21-5-2-1-3-6-21/h1-7,16,19-20H,8-15,17-18H2,(H,28,29)/t19-,20+/m0/s1. The summed E-state index contributed by atoms with van der Waals surface area (Å²) in [4.78, 5) is 30.8. The molecular weight excluding hydrogens is 394 g/mol. The highest BCUT2D eigenvalue weighted by atomic mass is 16.4. The maximum atomic E-state index is 12.7. The maximum absolute atomic E-state index is 12.7. The second kappa shape index (κ2) is 10.0. The van der Waals surface area contributed by atoms with E-state index >= 15 is 0 Å². The fourth-order valence-corrected chi connectivity index (χ4v) is 4.86. The first kappa shape index (κ1) is 21.4. The molecule has 0 bridgehead atoms. The number of carboxylic acid groups (broad SMARTS) is 1. The summed E-state index contributed by atoms with van der Waals surface area (Å²) in [5.74, 6) is -0.190. The zero-order valence-electron chi connectivity index (χ0n) is 17.9. The molecule has 1 amide bonds. The predicted octanol–water partition coefficient (Wildman–Crippen LogP) is 3.04. The Balaban J connectivity index is 1.32. The minimum Gasteiger partial charge on any atom is -0.481 e. The highest BCUT2D eigenvalue weighted by Gasteiger charge is 2.34. The lowest BCUT2D eigenvalue weighted by atomic mass is 9.81. The van der Waals surface area contributed by atoms with Crippen molar-refractivity contribution >= 4 is 17.6 Å². The molecule has 4 rings (SSSR count). The summed E-state index contributed by atoms with van der Waals surface area (Å²) in [5, 5.41) is 9.35. The lowest BCUT2D eigenvalue weighted by Crippen LogP contribution is -2.48. The van der Waals surface area contributed by atoms with E-state index in [2.05, 4.69) is 34.1 Å². The fourth-order valence-electron chi connectivity index (χ4n) is 4.86. The number of nitrogens with zero attached hydrogens (tertiary/aromatic N) is 3. The van der Waals surface area contributed by atoms with Gasteiger partial charge < -0.3 is 19.3 Å². The van der Waals surface area contributed by atoms with Gasteiger partial charge in [-0.15, -0.1) is 0 Å². The van der Waals surface area contributed by atoms with Crippen LogP contribution in [0.2, 0.25) is 0 Å². The molecule has 0 saturated carbocycles. The largest absolute Gasteiger partial charge is 0.481 e. The molecule has 0 radical (unpaired) electrons. The second-order valence-electron chi connectivity index (χ2n) is 8.59. The first-order chi connectivity index (χ1) is 15.1. The quantitative estimate of drug-likeness (QED) is 0.735. The zero-order chi connectivity index (χ0) is 21.6. The van der Waals surface area contributed by atoms with Crippen molar-refractivity contribution in [1.82, 2.24) is 9.80 Å². The van der Waals surface area contributed by atoms with Crippen molar-refractivity contribution in [2.45, 2.75) is 19.3 Å². The highest BCUT2D eigenvalue weighted by molar-refractivity contribution is 5.91. The Kier molecular flexibility index (Phi) is 6.92. The molecule has 2 aliphatic rings. The summed E-state index contributed by atoms with van der Waals surface area (Å²) in [7, 11) is 0. The van der Waals surface area contributed by atoms with Gasteiger partial charge in [-0.2, -0.15) is 0 Å². The monoisotopic (exact) mass is 425 g/mol. The van der Waals surface area contributed by atoms with Gasteiger partial charge in [-0.3, -0.25) is 14.5 Å². The third kappa shape index (κ3) is 5.47. The first-order valence-electron chi connectivity index (χ1n) is 11.2. The molecule has 0 aliphatic carbocycles. The van der Waals surface area contributed by atoms with Crippen molar-refractivity contribution < 1.29 is 19.1 Å². The summed E-state index contributed by atoms with van der Waals surface area (Å²) >= 11 is 0. The molecule has 0 spiro atoms. The van der Waals surface area contributed by atoms with E-state index in [0.717, 1.165) is 45.6 Å². The number of furan rings is 1. The van der Waals surface area contributed by atoms with Crippen molar-refractivity contribution in [2.75, 3.05) is 50.7 Å². The van der Waals surface area contributed by atoms with Crippen molar-refractivity contribution in [2.24, 2.45) is 11.8 Å². The van der Waals surface area contributed by atoms with Crippen LogP contribution in [0.15, 0.2) is 53.1 Å². The number of rotatable bonds is 7. The number of piperidine rings is 1. The van der Waals surface area contributed by atoms with E-state index in [-0.39, 0.29) is 24.2 Å². The van der Waals surface area contributed by atoms with Crippen molar-refractivity contribution in [3.63, 3.8) is 0 Å². The summed E-state index contributed by atoms with van der Waals surface area (Å²) < 4.78 is 5.28. The molecule has 2 fully saturated rings. The van der Waals surface area contributed by atoms with Crippen LogP contribution >= 0.6 is 0 Å². The van der Waals surface area contributed by atoms with Crippen LogP contribution in [0.25, 0.3) is 0 Å². The van der Waals surface area contributed by atoms with Crippen LogP contribution in [0.1, 0.15) is 29.8 Å². The second-order valence-corrected chi connectivity index (χ2v) is 8.59. The number of anilines is 1. The van der Waals surface area contributed by atoms with E-state index < -0.39 is 5.97 Å². The molecule has 166 valence electrons. The molecule has 2 aromatic rings. The number of carbonyl (C=O) groups excluding carboxylic acids is 1. The van der Waals surface area contributed by atoms with Crippen LogP contribution in [0.5, 0.6) is 0 Å². The average molecular weight is 426 g/mol. The van der Waals surface area contributed by atoms with E-state index in [1.165, 1.54) is 12.0 Å². The molecular formula is C24H31N3O4. The first-order valence-corrected chi connectivity index (χ1v) is 11.2. The summed E-state index contributed by atoms with van der Waals surface area (Å²) in [6.07, 6.45) is 3.32. The van der Waals surface area contributed by atoms with Gasteiger partial charge in [-0.1, -0.05) is 18.2 Å². The van der Waals surface area contributed by atoms with Crippen LogP contribution in [0, 0.1) is 11.8 Å². The molecule has 2 atom stereocenters. The Morgan fingerprint density at radius 2 is 1.74 bits per heavy atom. The molecule has 7 heteroatoms. The topological polar surface area (TPSA) is 77.2 Å². The molecule has 3 heterocycles. The van der Waals surface area contributed by atoms with Gasteiger partial charge in [-0.05, 0) is 55.5 Å². The number of piperazine rings is 1. The lowest BCUT2D eigenvalue weighted by molar-refractivity contribution is -0.139. The molecule has 7 nitrogen and oxygen atoms in total. The Morgan fingerprint density at radius 1 is 0.968 bits per heavy atom. The van der Waals surface area contributed by atoms with Gasteiger partial charge in [0.25, 0.3) is 5.91 Å². The number of carboxylic acids is 1. The number of carbonyl (C=O) groups is 2. The van der Waals surface area contributed by atoms with Crippen LogP contribution in [0.4, 0.5) is 5.69 Å². The molecule has 1 N–H and O–H groups in total. The van der Waals surface area contributed by atoms with E-state index in [0.29, 0.717) is 18.8 Å². The number of para-hydroxylation sites is 1. The Bertz CT molecular complexity index is 847. The van der Waals surface area contributed by atoms with Gasteiger partial charge in [0, 0.05) is 51.4 Å². The SMILES string of the molecule is O=C(O)C[C@@H]1CCN(C(=O)c2ccco2)C[C@H]1CCN1CCN(c2ccccc2)CC1. The molecule has 1 aromatic heterocycles. The summed E-state index contributed by atoms with van der Waals surface area (Å²) in [6.45, 7) is 6.12. The molecule has 1 aromatic carbocycles. The number of hydrogen-bond acceptors (Lipinski definition) is 5. The van der Waals surface area contributed by atoms with Gasteiger partial charge in [0.05, 0.1) is 6.26 Å². The minimum atomic E-state index is -0.753. The van der Waals surface area contributed by atoms with Crippen LogP contribution in [-0.4, -0.2) is 72.6 Å². The Labute approximate surface area is 183 Å². The van der Waals surface area contributed by atoms with E-state index in [1.54, 1.807) is 12.1 Å². The van der Waals surface area contributed by atoms with Crippen LogP contribution in [0.3, 0.4) is 0 Å². The Hall–Kier alpha value is -2.80. The van der Waals surface area contributed by atoms with Gasteiger partial charge in [0.15, 0.2) is 5.76 Å². The predicted molar refractivity (Wildman–Crippen MR) is 118 cm³/mol. The number of benzene rings is 1. The Morgan fingerprint density at radius 3 is 2.42 bits per heavy atom. The smallest absolute Gasteiger partial charge is 0.303 e. The summed E-state index contributed by atoms with van der Waals surface area (Å²) in [6, 6.07) is 13.9. The maximum Gasteiger partial charge on any atom is 0.303 e. The number of amides is 1. The minimum absolute atomic E-state index is 0.0970. The number of hydrogen-bond donors (Lipinski definition) is 1. The lowest BCUT2D eigenvalue weighted by Gasteiger charge is -2.40. The third-order valence-electron chi connectivity index (χ3n) is 6.66. The normalized spacial score (nSPS) is 22.5. The molecule has 31 heavy (non-hydrogen) atoms. The van der Waals surface area contributed by atoms with E-state index in [4.69, 9.17) is 4.42 Å². The van der Waals surface area contributed by atoms with Gasteiger partial charge in [-0.25, -0.2) is 0 Å². The van der Waals surface area contributed by atoms with Crippen molar-refractivity contribution in [3.05, 3.63) is 54.5 Å². The fraction of sp³-hybridized carbons (Fsp3) is 0.500. The van der Waals surface area contributed by atoms with E-state index in [1.807, 2.05) is 11.0 Å². The number of likely N-dealkylation sites (tertiary alicyclic amines) is 1. The third-order valence-corrected chi connectivity index (χ3v) is 6.66. The van der Waals surface area contributed by atoms with Gasteiger partial charge in [0.2, 0.25) is 0 Å². The van der Waals surface area contributed by atoms with Crippen molar-refractivity contribution in [1.29, 1.82) is 0 Å². The molecule has 2 saturated heterocycles. The van der Waals surface area contributed by atoms with Gasteiger partial charge >= 0.3 is 5.97 Å².